The van der Waals surface area contributed by atoms with Gasteiger partial charge in [0, 0.05) is 33.2 Å². The molecule has 1 saturated carbocycles. The molecule has 1 aliphatic carbocycles. The molecule has 0 aromatic heterocycles. The summed E-state index contributed by atoms with van der Waals surface area (Å²) in [6.45, 7) is 5.98. The molecule has 0 amide bonds. The fourth-order valence-electron chi connectivity index (χ4n) is 5.04. The molecule has 0 aromatic rings. The van der Waals surface area contributed by atoms with E-state index in [1.165, 1.54) is 84.0 Å². The number of rotatable bonds is 2. The Morgan fingerprint density at radius 2 is 1.79 bits per heavy atom. The Balaban J connectivity index is 0.00000208. The molecule has 2 aliphatic heterocycles. The Morgan fingerprint density at radius 3 is 2.42 bits per heavy atom. The van der Waals surface area contributed by atoms with Gasteiger partial charge >= 0.3 is 0 Å². The van der Waals surface area contributed by atoms with Crippen LogP contribution in [0.4, 0.5) is 0 Å². The van der Waals surface area contributed by atoms with Gasteiger partial charge in [0.05, 0.1) is 0 Å². The Morgan fingerprint density at radius 1 is 1.08 bits per heavy atom. The molecule has 140 valence electrons. The van der Waals surface area contributed by atoms with Crippen molar-refractivity contribution in [3.63, 3.8) is 0 Å². The summed E-state index contributed by atoms with van der Waals surface area (Å²) in [6.07, 6.45) is 12.8. The van der Waals surface area contributed by atoms with Crippen LogP contribution in [0, 0.1) is 11.3 Å². The van der Waals surface area contributed by atoms with Crippen LogP contribution in [0.3, 0.4) is 0 Å². The molecule has 3 rings (SSSR count). The molecule has 0 bridgehead atoms. The number of nitrogens with one attached hydrogen (secondary N) is 1. The van der Waals surface area contributed by atoms with Gasteiger partial charge in [-0.25, -0.2) is 0 Å². The maximum absolute atomic E-state index is 4.61. The normalized spacial score (nSPS) is 28.5. The van der Waals surface area contributed by atoms with Gasteiger partial charge in [0.1, 0.15) is 0 Å². The Kier molecular flexibility index (Phi) is 8.11. The fourth-order valence-corrected chi connectivity index (χ4v) is 5.04. The van der Waals surface area contributed by atoms with Gasteiger partial charge in [-0.3, -0.25) is 4.99 Å². The molecule has 0 radical (unpaired) electrons. The van der Waals surface area contributed by atoms with Gasteiger partial charge < -0.3 is 15.1 Å². The predicted molar refractivity (Wildman–Crippen MR) is 113 cm³/mol. The van der Waals surface area contributed by atoms with Crippen LogP contribution in [0.15, 0.2) is 4.99 Å². The highest BCUT2D eigenvalue weighted by molar-refractivity contribution is 14.0. The van der Waals surface area contributed by atoms with Crippen molar-refractivity contribution in [1.29, 1.82) is 0 Å². The lowest BCUT2D eigenvalue weighted by atomic mass is 9.74. The van der Waals surface area contributed by atoms with E-state index in [4.69, 9.17) is 0 Å². The van der Waals surface area contributed by atoms with Gasteiger partial charge in [0.25, 0.3) is 0 Å². The van der Waals surface area contributed by atoms with Crippen LogP contribution in [0.5, 0.6) is 0 Å². The van der Waals surface area contributed by atoms with Crippen molar-refractivity contribution in [1.82, 2.24) is 15.1 Å². The van der Waals surface area contributed by atoms with Crippen molar-refractivity contribution >= 4 is 29.9 Å². The number of guanidine groups is 1. The zero-order valence-corrected chi connectivity index (χ0v) is 18.1. The van der Waals surface area contributed by atoms with E-state index in [1.54, 1.807) is 0 Å². The van der Waals surface area contributed by atoms with Crippen LogP contribution in [0.2, 0.25) is 0 Å². The lowest BCUT2D eigenvalue weighted by molar-refractivity contribution is 0.115. The fraction of sp³-hybridized carbons (Fsp3) is 0.947. The van der Waals surface area contributed by atoms with Crippen molar-refractivity contribution in [3.05, 3.63) is 0 Å². The third kappa shape index (κ3) is 5.23. The van der Waals surface area contributed by atoms with Gasteiger partial charge in [-0.05, 0) is 57.0 Å². The number of hydrogen-bond donors (Lipinski definition) is 1. The van der Waals surface area contributed by atoms with Crippen LogP contribution in [0.1, 0.15) is 57.8 Å². The quantitative estimate of drug-likeness (QED) is 0.398. The minimum absolute atomic E-state index is 0. The predicted octanol–water partition coefficient (Wildman–Crippen LogP) is 3.57. The molecule has 2 saturated heterocycles. The largest absolute Gasteiger partial charge is 0.356 e. The number of halogens is 1. The summed E-state index contributed by atoms with van der Waals surface area (Å²) in [5, 5.41) is 3.69. The van der Waals surface area contributed by atoms with E-state index in [1.807, 2.05) is 7.05 Å². The SMILES string of the molecule is CN=C(NCC1CCN(C)C1)N1CCCC2(CCCCCC2)C1.I. The third-order valence-electron chi connectivity index (χ3n) is 6.37. The highest BCUT2D eigenvalue weighted by Gasteiger charge is 2.36. The number of aliphatic imine (C=N–C) groups is 1. The van der Waals surface area contributed by atoms with E-state index in [2.05, 4.69) is 27.2 Å². The summed E-state index contributed by atoms with van der Waals surface area (Å²) in [5.41, 5.74) is 0.583. The van der Waals surface area contributed by atoms with Crippen LogP contribution in [0.25, 0.3) is 0 Å². The molecule has 24 heavy (non-hydrogen) atoms. The van der Waals surface area contributed by atoms with Crippen LogP contribution in [-0.2, 0) is 0 Å². The molecule has 3 fully saturated rings. The first-order valence-corrected chi connectivity index (χ1v) is 9.85. The second kappa shape index (κ2) is 9.60. The molecular weight excluding hydrogens is 411 g/mol. The molecular formula is C19H37IN4. The average molecular weight is 448 g/mol. The minimum atomic E-state index is 0. The summed E-state index contributed by atoms with van der Waals surface area (Å²) in [4.78, 5) is 9.61. The zero-order chi connectivity index (χ0) is 16.1. The van der Waals surface area contributed by atoms with Gasteiger partial charge in [-0.1, -0.05) is 25.7 Å². The van der Waals surface area contributed by atoms with Gasteiger partial charge in [-0.15, -0.1) is 24.0 Å². The minimum Gasteiger partial charge on any atom is -0.356 e. The Labute approximate surface area is 165 Å². The first-order chi connectivity index (χ1) is 11.2. The van der Waals surface area contributed by atoms with Gasteiger partial charge in [0.2, 0.25) is 0 Å². The lowest BCUT2D eigenvalue weighted by Gasteiger charge is -2.44. The van der Waals surface area contributed by atoms with Crippen molar-refractivity contribution in [2.24, 2.45) is 16.3 Å². The first kappa shape index (κ1) is 20.3. The number of piperidine rings is 1. The summed E-state index contributed by atoms with van der Waals surface area (Å²) in [5.74, 6) is 1.94. The maximum Gasteiger partial charge on any atom is 0.193 e. The van der Waals surface area contributed by atoms with Crippen LogP contribution in [-0.4, -0.2) is 62.6 Å². The molecule has 1 N–H and O–H groups in total. The van der Waals surface area contributed by atoms with E-state index in [0.717, 1.165) is 18.4 Å². The average Bonchev–Trinajstić information content (AvgIpc) is 2.84. The molecule has 3 aliphatic rings. The topological polar surface area (TPSA) is 30.9 Å². The van der Waals surface area contributed by atoms with E-state index in [9.17, 15) is 0 Å². The summed E-state index contributed by atoms with van der Waals surface area (Å²) >= 11 is 0. The molecule has 4 nitrogen and oxygen atoms in total. The van der Waals surface area contributed by atoms with Gasteiger partial charge in [0.15, 0.2) is 5.96 Å². The molecule has 5 heteroatoms. The van der Waals surface area contributed by atoms with Crippen molar-refractivity contribution in [2.75, 3.05) is 46.8 Å². The summed E-state index contributed by atoms with van der Waals surface area (Å²) in [6, 6.07) is 0. The molecule has 0 aromatic carbocycles. The lowest BCUT2D eigenvalue weighted by Crippen LogP contribution is -2.51. The molecule has 1 spiro atoms. The zero-order valence-electron chi connectivity index (χ0n) is 15.7. The standard InChI is InChI=1S/C19H36N4.HI/c1-20-18(21-14-17-8-13-22(2)15-17)23-12-7-11-19(16-23)9-5-3-4-6-10-19;/h17H,3-16H2,1-2H3,(H,20,21);1H. The van der Waals surface area contributed by atoms with Gasteiger partial charge in [-0.2, -0.15) is 0 Å². The van der Waals surface area contributed by atoms with E-state index in [-0.39, 0.29) is 24.0 Å². The van der Waals surface area contributed by atoms with Crippen molar-refractivity contribution < 1.29 is 0 Å². The second-order valence-corrected chi connectivity index (χ2v) is 8.28. The Hall–Kier alpha value is -0.0400. The summed E-state index contributed by atoms with van der Waals surface area (Å²) in [7, 11) is 4.19. The van der Waals surface area contributed by atoms with Crippen molar-refractivity contribution in [3.8, 4) is 0 Å². The highest BCUT2D eigenvalue weighted by Crippen LogP contribution is 2.42. The smallest absolute Gasteiger partial charge is 0.193 e. The first-order valence-electron chi connectivity index (χ1n) is 9.85. The third-order valence-corrected chi connectivity index (χ3v) is 6.37. The van der Waals surface area contributed by atoms with E-state index in [0.29, 0.717) is 5.41 Å². The second-order valence-electron chi connectivity index (χ2n) is 8.28. The van der Waals surface area contributed by atoms with Crippen LogP contribution >= 0.6 is 24.0 Å². The number of nitrogens with zero attached hydrogens (tertiary/aromatic N) is 3. The van der Waals surface area contributed by atoms with Crippen LogP contribution < -0.4 is 5.32 Å². The number of likely N-dealkylation sites (tertiary alicyclic amines) is 2. The highest BCUT2D eigenvalue weighted by atomic mass is 127. The monoisotopic (exact) mass is 448 g/mol. The maximum atomic E-state index is 4.61. The van der Waals surface area contributed by atoms with Crippen molar-refractivity contribution in [2.45, 2.75) is 57.8 Å². The molecule has 2 heterocycles. The van der Waals surface area contributed by atoms with E-state index < -0.39 is 0 Å². The molecule has 1 unspecified atom stereocenters. The van der Waals surface area contributed by atoms with E-state index >= 15 is 0 Å². The molecule has 1 atom stereocenters. The Bertz CT molecular complexity index is 404. The summed E-state index contributed by atoms with van der Waals surface area (Å²) < 4.78 is 0. The number of hydrogen-bond acceptors (Lipinski definition) is 2.